The summed E-state index contributed by atoms with van der Waals surface area (Å²) in [4.78, 5) is 24.4. The first-order valence-electron chi connectivity index (χ1n) is 8.50. The molecule has 0 aliphatic carbocycles. The normalized spacial score (nSPS) is 16.6. The Hall–Kier alpha value is -2.88. The van der Waals surface area contributed by atoms with Crippen LogP contribution in [0.1, 0.15) is 34.5 Å². The number of carbonyl (C=O) groups excluding carboxylic acids is 1. The summed E-state index contributed by atoms with van der Waals surface area (Å²) in [6.45, 7) is 1.93. The van der Waals surface area contributed by atoms with Crippen molar-refractivity contribution >= 4 is 11.9 Å². The van der Waals surface area contributed by atoms with Crippen LogP contribution in [0.3, 0.4) is 0 Å². The van der Waals surface area contributed by atoms with Crippen molar-refractivity contribution in [2.24, 2.45) is 0 Å². The summed E-state index contributed by atoms with van der Waals surface area (Å²) in [5.41, 5.74) is -1.75. The summed E-state index contributed by atoms with van der Waals surface area (Å²) < 4.78 is 45.2. The molecule has 3 rings (SSSR count). The minimum absolute atomic E-state index is 0.0875. The summed E-state index contributed by atoms with van der Waals surface area (Å²) in [5, 5.41) is 16.1. The van der Waals surface area contributed by atoms with Crippen molar-refractivity contribution in [3.63, 3.8) is 0 Å². The molecule has 2 N–H and O–H groups in total. The largest absolute Gasteiger partial charge is 0.480 e. The van der Waals surface area contributed by atoms with E-state index in [1.807, 2.05) is 0 Å². The van der Waals surface area contributed by atoms with Crippen LogP contribution in [0.15, 0.2) is 30.5 Å². The molecular weight excluding hydrogens is 379 g/mol. The van der Waals surface area contributed by atoms with Crippen LogP contribution in [0.5, 0.6) is 0 Å². The van der Waals surface area contributed by atoms with E-state index in [2.05, 4.69) is 10.4 Å². The lowest BCUT2D eigenvalue weighted by molar-refractivity contribution is -0.148. The highest BCUT2D eigenvalue weighted by Gasteiger charge is 2.42. The van der Waals surface area contributed by atoms with E-state index in [4.69, 9.17) is 4.74 Å². The van der Waals surface area contributed by atoms with Gasteiger partial charge in [0.25, 0.3) is 5.91 Å². The fourth-order valence-electron chi connectivity index (χ4n) is 3.10. The monoisotopic (exact) mass is 397 g/mol. The van der Waals surface area contributed by atoms with Gasteiger partial charge in [-0.2, -0.15) is 18.3 Å². The van der Waals surface area contributed by atoms with Crippen molar-refractivity contribution in [1.82, 2.24) is 15.1 Å². The van der Waals surface area contributed by atoms with Gasteiger partial charge in [-0.25, -0.2) is 9.48 Å². The summed E-state index contributed by atoms with van der Waals surface area (Å²) in [6.07, 6.45) is -3.06. The van der Waals surface area contributed by atoms with Crippen LogP contribution in [0.4, 0.5) is 13.2 Å². The molecule has 1 amide bonds. The minimum Gasteiger partial charge on any atom is -0.480 e. The van der Waals surface area contributed by atoms with Crippen LogP contribution < -0.4 is 5.32 Å². The van der Waals surface area contributed by atoms with E-state index in [-0.39, 0.29) is 37.3 Å². The summed E-state index contributed by atoms with van der Waals surface area (Å²) in [6, 6.07) is 4.56. The molecule has 0 unspecified atom stereocenters. The molecule has 0 spiro atoms. The number of benzene rings is 1. The number of nitrogens with one attached hydrogen (secondary N) is 1. The van der Waals surface area contributed by atoms with E-state index in [0.29, 0.717) is 5.69 Å². The first-order chi connectivity index (χ1) is 13.1. The first kappa shape index (κ1) is 19.9. The molecule has 0 bridgehead atoms. The molecule has 2 heterocycles. The number of hydrogen-bond acceptors (Lipinski definition) is 4. The zero-order chi connectivity index (χ0) is 20.5. The summed E-state index contributed by atoms with van der Waals surface area (Å²) in [5.74, 6) is -1.81. The lowest BCUT2D eigenvalue weighted by Crippen LogP contribution is -2.57. The van der Waals surface area contributed by atoms with Crippen molar-refractivity contribution in [1.29, 1.82) is 0 Å². The Labute approximate surface area is 158 Å². The number of carbonyl (C=O) groups is 2. The van der Waals surface area contributed by atoms with E-state index in [1.165, 1.54) is 29.9 Å². The smallest absolute Gasteiger partial charge is 0.416 e. The number of carboxylic acids is 1. The van der Waals surface area contributed by atoms with E-state index in [9.17, 15) is 27.9 Å². The van der Waals surface area contributed by atoms with Crippen LogP contribution in [0.25, 0.3) is 5.69 Å². The SMILES string of the molecule is Cc1c(C(=O)NC2(C(=O)O)CCOCC2)cnn1-c1cccc(C(F)(F)F)c1. The van der Waals surface area contributed by atoms with Gasteiger partial charge < -0.3 is 15.2 Å². The first-order valence-corrected chi connectivity index (χ1v) is 8.50. The van der Waals surface area contributed by atoms with E-state index in [1.54, 1.807) is 0 Å². The molecule has 10 heteroatoms. The number of carboxylic acid groups (broad SMARTS) is 1. The second-order valence-corrected chi connectivity index (χ2v) is 6.56. The number of ether oxygens (including phenoxy) is 1. The topological polar surface area (TPSA) is 93.5 Å². The highest BCUT2D eigenvalue weighted by molar-refractivity contribution is 5.98. The molecule has 1 saturated heterocycles. The molecule has 1 aromatic carbocycles. The summed E-state index contributed by atoms with van der Waals surface area (Å²) in [7, 11) is 0. The molecule has 1 aromatic heterocycles. The second-order valence-electron chi connectivity index (χ2n) is 6.56. The third-order valence-corrected chi connectivity index (χ3v) is 4.78. The molecule has 0 atom stereocenters. The molecule has 7 nitrogen and oxygen atoms in total. The van der Waals surface area contributed by atoms with Crippen LogP contribution >= 0.6 is 0 Å². The molecular formula is C18H18F3N3O4. The van der Waals surface area contributed by atoms with Crippen molar-refractivity contribution in [3.05, 3.63) is 47.3 Å². The van der Waals surface area contributed by atoms with E-state index < -0.39 is 29.2 Å². The van der Waals surface area contributed by atoms with Crippen molar-refractivity contribution in [3.8, 4) is 5.69 Å². The van der Waals surface area contributed by atoms with Crippen molar-refractivity contribution in [2.75, 3.05) is 13.2 Å². The number of alkyl halides is 3. The maximum atomic E-state index is 12.9. The number of hydrogen-bond donors (Lipinski definition) is 2. The van der Waals surface area contributed by atoms with Crippen LogP contribution in [0, 0.1) is 6.92 Å². The van der Waals surface area contributed by atoms with Gasteiger partial charge in [0.2, 0.25) is 0 Å². The van der Waals surface area contributed by atoms with Gasteiger partial charge in [-0.15, -0.1) is 0 Å². The number of rotatable bonds is 4. The number of aliphatic carboxylic acids is 1. The highest BCUT2D eigenvalue weighted by atomic mass is 19.4. The number of halogens is 3. The van der Waals surface area contributed by atoms with Gasteiger partial charge in [0.15, 0.2) is 0 Å². The van der Waals surface area contributed by atoms with Gasteiger partial charge in [-0.1, -0.05) is 6.07 Å². The molecule has 150 valence electrons. The van der Waals surface area contributed by atoms with Crippen LogP contribution in [-0.2, 0) is 15.7 Å². The van der Waals surface area contributed by atoms with Gasteiger partial charge >= 0.3 is 12.1 Å². The zero-order valence-electron chi connectivity index (χ0n) is 14.9. The Bertz CT molecular complexity index is 902. The molecule has 28 heavy (non-hydrogen) atoms. The lowest BCUT2D eigenvalue weighted by Gasteiger charge is -2.33. The van der Waals surface area contributed by atoms with Gasteiger partial charge in [0.05, 0.1) is 28.7 Å². The van der Waals surface area contributed by atoms with Crippen molar-refractivity contribution < 1.29 is 32.6 Å². The van der Waals surface area contributed by atoms with Crippen LogP contribution in [0.2, 0.25) is 0 Å². The fourth-order valence-corrected chi connectivity index (χ4v) is 3.10. The lowest BCUT2D eigenvalue weighted by atomic mass is 9.89. The van der Waals surface area contributed by atoms with E-state index >= 15 is 0 Å². The highest BCUT2D eigenvalue weighted by Crippen LogP contribution is 2.30. The second kappa shape index (κ2) is 7.27. The molecule has 1 fully saturated rings. The Morgan fingerprint density at radius 2 is 1.96 bits per heavy atom. The Morgan fingerprint density at radius 3 is 2.57 bits per heavy atom. The Kier molecular flexibility index (Phi) is 5.16. The van der Waals surface area contributed by atoms with Gasteiger partial charge in [0.1, 0.15) is 5.54 Å². The third-order valence-electron chi connectivity index (χ3n) is 4.78. The van der Waals surface area contributed by atoms with Gasteiger partial charge in [0, 0.05) is 26.1 Å². The Morgan fingerprint density at radius 1 is 1.29 bits per heavy atom. The van der Waals surface area contributed by atoms with Crippen LogP contribution in [-0.4, -0.2) is 45.5 Å². The third kappa shape index (κ3) is 3.72. The maximum Gasteiger partial charge on any atom is 0.416 e. The van der Waals surface area contributed by atoms with Gasteiger partial charge in [-0.05, 0) is 25.1 Å². The quantitative estimate of drug-likeness (QED) is 0.827. The number of aromatic nitrogens is 2. The molecule has 0 saturated carbocycles. The molecule has 0 radical (unpaired) electrons. The standard InChI is InChI=1S/C18H18F3N3O4/c1-11-14(15(25)23-17(16(26)27)5-7-28-8-6-17)10-22-24(11)13-4-2-3-12(9-13)18(19,20)21/h2-4,9-10H,5-8H2,1H3,(H,23,25)(H,26,27). The number of amides is 1. The molecule has 1 aliphatic rings. The zero-order valence-corrected chi connectivity index (χ0v) is 14.9. The van der Waals surface area contributed by atoms with Crippen molar-refractivity contribution in [2.45, 2.75) is 31.5 Å². The number of nitrogens with zero attached hydrogens (tertiary/aromatic N) is 2. The van der Waals surface area contributed by atoms with E-state index in [0.717, 1.165) is 12.1 Å². The predicted molar refractivity (Wildman–Crippen MR) is 91.2 cm³/mol. The van der Waals surface area contributed by atoms with Gasteiger partial charge in [-0.3, -0.25) is 4.79 Å². The molecule has 1 aliphatic heterocycles. The summed E-state index contributed by atoms with van der Waals surface area (Å²) >= 11 is 0. The average molecular weight is 397 g/mol. The maximum absolute atomic E-state index is 12.9. The molecule has 2 aromatic rings. The minimum atomic E-state index is -4.51. The predicted octanol–water partition coefficient (Wildman–Crippen LogP) is 2.56. The fraction of sp³-hybridized carbons (Fsp3) is 0.389. The average Bonchev–Trinajstić information content (AvgIpc) is 3.03. The Balaban J connectivity index is 1.89.